The Morgan fingerprint density at radius 3 is 1.91 bits per heavy atom. The molecule has 5 rings (SSSR count). The fourth-order valence-corrected chi connectivity index (χ4v) is 10.0. The van der Waals surface area contributed by atoms with Crippen LogP contribution in [0.2, 0.25) is 0 Å². The molecule has 1 unspecified atom stereocenters. The lowest BCUT2D eigenvalue weighted by Crippen LogP contribution is -2.52. The summed E-state index contributed by atoms with van der Waals surface area (Å²) in [6, 6.07) is 22.8. The molecule has 370 valence electrons. The standard InChI is InChI=1S/C52H72N6O9S/c1-52(2,3)67-51(64)54-32-20-19-31-45(48(61)56-40(36-38-22-10-8-11-23-38)37-46(59)53-33-34-55-68(65,66)41-26-12-9-13-27-41)57-47(60)42(39-24-15-16-25-39)28-14-6-4-5-7-21-35-58-49(62)43-29-17-18-30-44(43)50(58)63/h8-13,17-18,22-23,26-27,29-30,39-40,42,45,55H,4-7,14-16,19-21,24-25,28,31-37H2,1-3H3,(H,53,59)(H,54,64)(H,56,61)(H,57,60)/t40-,42?,45-/m0/s1. The van der Waals surface area contributed by atoms with Gasteiger partial charge in [-0.2, -0.15) is 0 Å². The molecule has 16 heteroatoms. The van der Waals surface area contributed by atoms with E-state index >= 15 is 0 Å². The van der Waals surface area contributed by atoms with Crippen molar-refractivity contribution >= 4 is 45.7 Å². The van der Waals surface area contributed by atoms with E-state index in [2.05, 4.69) is 26.0 Å². The Kier molecular flexibility index (Phi) is 21.0. The van der Waals surface area contributed by atoms with Gasteiger partial charge in [0.1, 0.15) is 11.6 Å². The monoisotopic (exact) mass is 957 g/mol. The molecule has 1 heterocycles. The molecule has 1 saturated carbocycles. The summed E-state index contributed by atoms with van der Waals surface area (Å²) in [5, 5.41) is 11.8. The van der Waals surface area contributed by atoms with Gasteiger partial charge in [0.25, 0.3) is 11.8 Å². The van der Waals surface area contributed by atoms with E-state index < -0.39 is 39.7 Å². The molecule has 3 aromatic rings. The molecular formula is C52H72N6O9S. The van der Waals surface area contributed by atoms with E-state index in [1.807, 2.05) is 30.3 Å². The van der Waals surface area contributed by atoms with E-state index in [-0.39, 0.29) is 59.9 Å². The topological polar surface area (TPSA) is 209 Å². The second-order valence-corrected chi connectivity index (χ2v) is 20.8. The van der Waals surface area contributed by atoms with E-state index in [0.29, 0.717) is 56.3 Å². The third-order valence-electron chi connectivity index (χ3n) is 12.4. The predicted octanol–water partition coefficient (Wildman–Crippen LogP) is 7.21. The minimum absolute atomic E-state index is 0.0288. The van der Waals surface area contributed by atoms with Crippen molar-refractivity contribution in [3.63, 3.8) is 0 Å². The van der Waals surface area contributed by atoms with Gasteiger partial charge in [0.05, 0.1) is 16.0 Å². The molecule has 68 heavy (non-hydrogen) atoms. The first-order valence-corrected chi connectivity index (χ1v) is 26.0. The second-order valence-electron chi connectivity index (χ2n) is 19.0. The van der Waals surface area contributed by atoms with Crippen LogP contribution in [0, 0.1) is 11.8 Å². The lowest BCUT2D eigenvalue weighted by atomic mass is 9.85. The average molecular weight is 957 g/mol. The van der Waals surface area contributed by atoms with Crippen LogP contribution in [0.4, 0.5) is 4.79 Å². The summed E-state index contributed by atoms with van der Waals surface area (Å²) in [6.07, 6.45) is 11.1. The van der Waals surface area contributed by atoms with Crippen molar-refractivity contribution in [3.8, 4) is 0 Å². The number of nitrogens with zero attached hydrogens (tertiary/aromatic N) is 1. The second kappa shape index (κ2) is 26.8. The Morgan fingerprint density at radius 1 is 0.676 bits per heavy atom. The molecule has 0 aromatic heterocycles. The molecule has 5 N–H and O–H groups in total. The number of rotatable bonds is 28. The lowest BCUT2D eigenvalue weighted by molar-refractivity contribution is -0.133. The van der Waals surface area contributed by atoms with Crippen LogP contribution in [-0.2, 0) is 35.6 Å². The van der Waals surface area contributed by atoms with Crippen LogP contribution in [0.5, 0.6) is 0 Å². The van der Waals surface area contributed by atoms with Crippen LogP contribution in [0.25, 0.3) is 0 Å². The van der Waals surface area contributed by atoms with Crippen molar-refractivity contribution in [2.24, 2.45) is 11.8 Å². The summed E-state index contributed by atoms with van der Waals surface area (Å²) in [6.45, 7) is 6.09. The van der Waals surface area contributed by atoms with Gasteiger partial charge in [-0.3, -0.25) is 28.9 Å². The molecular weight excluding hydrogens is 885 g/mol. The maximum atomic E-state index is 14.3. The molecule has 1 aliphatic carbocycles. The van der Waals surface area contributed by atoms with Gasteiger partial charge in [0, 0.05) is 44.6 Å². The fourth-order valence-electron chi connectivity index (χ4n) is 8.99. The highest BCUT2D eigenvalue weighted by Crippen LogP contribution is 2.35. The van der Waals surface area contributed by atoms with Gasteiger partial charge in [-0.25, -0.2) is 17.9 Å². The number of benzene rings is 3. The molecule has 0 radical (unpaired) electrons. The number of carbonyl (C=O) groups excluding carboxylic acids is 6. The Hall–Kier alpha value is -5.61. The van der Waals surface area contributed by atoms with Gasteiger partial charge in [-0.15, -0.1) is 0 Å². The van der Waals surface area contributed by atoms with Crippen LogP contribution in [-0.4, -0.2) is 92.8 Å². The van der Waals surface area contributed by atoms with Gasteiger partial charge in [-0.1, -0.05) is 106 Å². The van der Waals surface area contributed by atoms with Crippen molar-refractivity contribution < 1.29 is 41.9 Å². The van der Waals surface area contributed by atoms with Crippen LogP contribution >= 0.6 is 0 Å². The number of hydrogen-bond acceptors (Lipinski definition) is 9. The minimum Gasteiger partial charge on any atom is -0.444 e. The summed E-state index contributed by atoms with van der Waals surface area (Å²) in [7, 11) is -3.75. The summed E-state index contributed by atoms with van der Waals surface area (Å²) in [5.74, 6) is -1.44. The highest BCUT2D eigenvalue weighted by Gasteiger charge is 2.35. The van der Waals surface area contributed by atoms with Crippen LogP contribution in [0.15, 0.2) is 89.8 Å². The zero-order valence-corrected chi connectivity index (χ0v) is 40.9. The predicted molar refractivity (Wildman–Crippen MR) is 261 cm³/mol. The highest BCUT2D eigenvalue weighted by atomic mass is 32.2. The number of alkyl carbamates (subject to hydrolysis) is 1. The quantitative estimate of drug-likeness (QED) is 0.0367. The van der Waals surface area contributed by atoms with Crippen molar-refractivity contribution in [3.05, 3.63) is 102 Å². The normalized spacial score (nSPS) is 15.3. The highest BCUT2D eigenvalue weighted by molar-refractivity contribution is 7.89. The molecule has 3 aromatic carbocycles. The number of nitrogens with one attached hydrogen (secondary N) is 5. The number of amides is 6. The Morgan fingerprint density at radius 2 is 1.26 bits per heavy atom. The van der Waals surface area contributed by atoms with Crippen LogP contribution in [0.1, 0.15) is 143 Å². The lowest BCUT2D eigenvalue weighted by Gasteiger charge is -2.28. The number of sulfonamides is 1. The van der Waals surface area contributed by atoms with Gasteiger partial charge in [-0.05, 0) is 108 Å². The molecule has 6 amide bonds. The summed E-state index contributed by atoms with van der Waals surface area (Å²) in [4.78, 5) is 81.2. The number of fused-ring (bicyclic) bond motifs is 1. The molecule has 3 atom stereocenters. The van der Waals surface area contributed by atoms with Crippen molar-refractivity contribution in [2.75, 3.05) is 26.2 Å². The zero-order chi connectivity index (χ0) is 48.9. The zero-order valence-electron chi connectivity index (χ0n) is 40.1. The Bertz CT molecular complexity index is 2190. The molecule has 15 nitrogen and oxygen atoms in total. The number of unbranched alkanes of at least 4 members (excludes halogenated alkanes) is 6. The van der Waals surface area contributed by atoms with E-state index in [0.717, 1.165) is 69.8 Å². The van der Waals surface area contributed by atoms with Gasteiger partial charge in [0.2, 0.25) is 27.7 Å². The maximum Gasteiger partial charge on any atom is 0.407 e. The first kappa shape index (κ1) is 53.3. The third kappa shape index (κ3) is 17.5. The summed E-state index contributed by atoms with van der Waals surface area (Å²) < 4.78 is 33.2. The first-order chi connectivity index (χ1) is 32.6. The van der Waals surface area contributed by atoms with Crippen LogP contribution in [0.3, 0.4) is 0 Å². The summed E-state index contributed by atoms with van der Waals surface area (Å²) >= 11 is 0. The van der Waals surface area contributed by atoms with E-state index in [1.165, 1.54) is 17.0 Å². The van der Waals surface area contributed by atoms with Crippen molar-refractivity contribution in [1.29, 1.82) is 0 Å². The first-order valence-electron chi connectivity index (χ1n) is 24.5. The third-order valence-corrected chi connectivity index (χ3v) is 13.9. The summed E-state index contributed by atoms with van der Waals surface area (Å²) in [5.41, 5.74) is 1.19. The number of imide groups is 1. The van der Waals surface area contributed by atoms with Gasteiger partial charge >= 0.3 is 6.09 Å². The Balaban J connectivity index is 1.17. The number of hydrogen-bond donors (Lipinski definition) is 5. The smallest absolute Gasteiger partial charge is 0.407 e. The Labute approximate surface area is 402 Å². The molecule has 2 aliphatic rings. The van der Waals surface area contributed by atoms with Crippen molar-refractivity contribution in [1.82, 2.24) is 30.9 Å². The van der Waals surface area contributed by atoms with Gasteiger partial charge in [0.15, 0.2) is 0 Å². The number of carbonyl (C=O) groups is 6. The van der Waals surface area contributed by atoms with E-state index in [9.17, 15) is 37.2 Å². The average Bonchev–Trinajstić information content (AvgIpc) is 3.92. The fraction of sp³-hybridized carbons (Fsp3) is 0.538. The molecule has 0 bridgehead atoms. The molecule has 0 saturated heterocycles. The number of ether oxygens (including phenoxy) is 1. The minimum atomic E-state index is -3.75. The van der Waals surface area contributed by atoms with Crippen molar-refractivity contribution in [2.45, 2.75) is 146 Å². The SMILES string of the molecule is CC(C)(C)OC(=O)NCCCC[C@H](NC(=O)C(CCCCCCCCN1C(=O)c2ccccc2C1=O)C1CCCC1)C(=O)N[C@H](CC(=O)NCCNS(=O)(=O)c1ccccc1)Cc1ccccc1. The molecule has 1 aliphatic heterocycles. The molecule has 0 spiro atoms. The van der Waals surface area contributed by atoms with Gasteiger partial charge < -0.3 is 26.0 Å². The maximum absolute atomic E-state index is 14.3. The largest absolute Gasteiger partial charge is 0.444 e. The van der Waals surface area contributed by atoms with E-state index in [4.69, 9.17) is 4.74 Å². The van der Waals surface area contributed by atoms with E-state index in [1.54, 1.807) is 63.2 Å². The van der Waals surface area contributed by atoms with Crippen LogP contribution < -0.4 is 26.0 Å². The molecule has 1 fully saturated rings.